The van der Waals surface area contributed by atoms with Crippen LogP contribution in [0, 0.1) is 11.2 Å². The molecule has 1 aliphatic heterocycles. The summed E-state index contributed by atoms with van der Waals surface area (Å²) >= 11 is 9.02. The maximum absolute atomic E-state index is 14.3. The topological polar surface area (TPSA) is 97.0 Å². The van der Waals surface area contributed by atoms with E-state index in [2.05, 4.69) is 31.0 Å². The van der Waals surface area contributed by atoms with E-state index in [1.165, 1.54) is 18.2 Å². The monoisotopic (exact) mass is 506 g/mol. The summed E-state index contributed by atoms with van der Waals surface area (Å²) in [5, 5.41) is 12.3. The Morgan fingerprint density at radius 3 is 2.58 bits per heavy atom. The predicted octanol–water partition coefficient (Wildman–Crippen LogP) is 3.62. The number of anilines is 1. The summed E-state index contributed by atoms with van der Waals surface area (Å²) in [4.78, 5) is 23.1. The molecule has 0 bridgehead atoms. The van der Waals surface area contributed by atoms with E-state index in [1.807, 2.05) is 4.90 Å². The molecule has 0 radical (unpaired) electrons. The van der Waals surface area contributed by atoms with Gasteiger partial charge >= 0.3 is 0 Å². The molecule has 0 unspecified atom stereocenters. The Balaban J connectivity index is 1.50. The molecule has 4 rings (SSSR count). The van der Waals surface area contributed by atoms with Crippen LogP contribution in [0.4, 0.5) is 10.3 Å². The third kappa shape index (κ3) is 4.75. The van der Waals surface area contributed by atoms with E-state index in [9.17, 15) is 9.18 Å². The maximum Gasteiger partial charge on any atom is 0.275 e. The second kappa shape index (κ2) is 9.11. The minimum Gasteiger partial charge on any atom is -0.488 e. The van der Waals surface area contributed by atoms with Gasteiger partial charge in [-0.25, -0.2) is 14.4 Å². The molecule has 0 atom stereocenters. The summed E-state index contributed by atoms with van der Waals surface area (Å²) < 4.78 is 21.7. The molecule has 3 heterocycles. The van der Waals surface area contributed by atoms with E-state index < -0.39 is 11.4 Å². The van der Waals surface area contributed by atoms with Gasteiger partial charge in [-0.05, 0) is 18.2 Å². The number of benzene rings is 1. The molecule has 2 aromatic heterocycles. The van der Waals surface area contributed by atoms with Crippen LogP contribution in [-0.4, -0.2) is 45.2 Å². The van der Waals surface area contributed by atoms with Gasteiger partial charge in [-0.15, -0.1) is 0 Å². The highest BCUT2D eigenvalue weighted by molar-refractivity contribution is 9.10. The van der Waals surface area contributed by atoms with Gasteiger partial charge in [0.15, 0.2) is 5.75 Å². The molecule has 0 saturated carbocycles. The maximum atomic E-state index is 14.3. The molecular weight excluding hydrogens is 491 g/mol. The minimum atomic E-state index is -0.606. The first-order valence-electron chi connectivity index (χ1n) is 9.44. The molecule has 0 aliphatic carbocycles. The molecule has 160 valence electrons. The normalized spacial score (nSPS) is 14.5. The molecular formula is C20H17BrClFN6O2. The Labute approximate surface area is 190 Å². The van der Waals surface area contributed by atoms with Crippen LogP contribution in [0.2, 0.25) is 5.02 Å². The summed E-state index contributed by atoms with van der Waals surface area (Å²) in [5.41, 5.74) is -0.404. The zero-order valence-electron chi connectivity index (χ0n) is 16.1. The second-order valence-electron chi connectivity index (χ2n) is 6.89. The number of aromatic nitrogens is 4. The smallest absolute Gasteiger partial charge is 0.275 e. The summed E-state index contributed by atoms with van der Waals surface area (Å²) in [6.45, 7) is 1.33. The van der Waals surface area contributed by atoms with Crippen LogP contribution in [0.15, 0.2) is 45.9 Å². The van der Waals surface area contributed by atoms with Crippen molar-refractivity contribution in [2.45, 2.75) is 18.9 Å². The molecule has 1 fully saturated rings. The Morgan fingerprint density at radius 2 is 1.94 bits per heavy atom. The highest BCUT2D eigenvalue weighted by Gasteiger charge is 2.24. The Morgan fingerprint density at radius 1 is 1.23 bits per heavy atom. The number of nitrogens with zero attached hydrogens (tertiary/aromatic N) is 5. The number of halogens is 3. The molecule has 0 spiro atoms. The highest BCUT2D eigenvalue weighted by Crippen LogP contribution is 2.23. The first-order valence-corrected chi connectivity index (χ1v) is 10.6. The number of nitrogens with one attached hydrogen (secondary N) is 1. The Hall–Kier alpha value is -2.85. The molecule has 31 heavy (non-hydrogen) atoms. The van der Waals surface area contributed by atoms with E-state index in [-0.39, 0.29) is 23.2 Å². The SMILES string of the molecule is N=Cc1nn(-c2ccc(Br)cc2F)c(=O)cc1OC1CCN(c2ncc(Cl)cn2)CC1. The average molecular weight is 508 g/mol. The summed E-state index contributed by atoms with van der Waals surface area (Å²) in [6.07, 6.45) is 5.28. The van der Waals surface area contributed by atoms with E-state index >= 15 is 0 Å². The lowest BCUT2D eigenvalue weighted by Gasteiger charge is -2.32. The summed E-state index contributed by atoms with van der Waals surface area (Å²) in [6, 6.07) is 5.54. The van der Waals surface area contributed by atoms with Crippen LogP contribution in [0.25, 0.3) is 5.69 Å². The van der Waals surface area contributed by atoms with Gasteiger partial charge in [-0.2, -0.15) is 9.78 Å². The Kier molecular flexibility index (Phi) is 6.28. The third-order valence-corrected chi connectivity index (χ3v) is 5.51. The van der Waals surface area contributed by atoms with E-state index in [0.29, 0.717) is 41.4 Å². The molecule has 3 aromatic rings. The zero-order valence-corrected chi connectivity index (χ0v) is 18.5. The van der Waals surface area contributed by atoms with E-state index in [1.54, 1.807) is 18.5 Å². The minimum absolute atomic E-state index is 0.000812. The van der Waals surface area contributed by atoms with Crippen LogP contribution in [0.1, 0.15) is 18.5 Å². The molecule has 11 heteroatoms. The van der Waals surface area contributed by atoms with Gasteiger partial charge in [0.25, 0.3) is 5.56 Å². The summed E-state index contributed by atoms with van der Waals surface area (Å²) in [7, 11) is 0. The first kappa shape index (κ1) is 21.4. The van der Waals surface area contributed by atoms with Crippen molar-refractivity contribution < 1.29 is 9.13 Å². The van der Waals surface area contributed by atoms with Gasteiger partial charge in [-0.1, -0.05) is 27.5 Å². The van der Waals surface area contributed by atoms with Gasteiger partial charge in [0.2, 0.25) is 5.95 Å². The van der Waals surface area contributed by atoms with Crippen molar-refractivity contribution in [3.05, 3.63) is 68.0 Å². The van der Waals surface area contributed by atoms with Crippen molar-refractivity contribution in [3.8, 4) is 11.4 Å². The fraction of sp³-hybridized carbons (Fsp3) is 0.250. The van der Waals surface area contributed by atoms with Crippen LogP contribution < -0.4 is 15.2 Å². The quantitative estimate of drug-likeness (QED) is 0.530. The standard InChI is InChI=1S/C20H17BrClFN6O2/c21-12-1-2-17(15(23)7-12)29-19(30)8-18(16(9-24)27-29)31-14-3-5-28(6-4-14)20-25-10-13(22)11-26-20/h1-2,7-11,14,24H,3-6H2. The molecule has 1 saturated heterocycles. The zero-order chi connectivity index (χ0) is 22.0. The lowest BCUT2D eigenvalue weighted by Crippen LogP contribution is -2.39. The van der Waals surface area contributed by atoms with Gasteiger partial charge in [0.05, 0.1) is 17.4 Å². The van der Waals surface area contributed by atoms with Crippen molar-refractivity contribution in [1.29, 1.82) is 5.41 Å². The number of piperidine rings is 1. The second-order valence-corrected chi connectivity index (χ2v) is 8.24. The van der Waals surface area contributed by atoms with Gasteiger partial charge in [0, 0.05) is 42.7 Å². The van der Waals surface area contributed by atoms with Crippen molar-refractivity contribution in [2.24, 2.45) is 0 Å². The molecule has 1 aromatic carbocycles. The summed E-state index contributed by atoms with van der Waals surface area (Å²) in [5.74, 6) is 0.198. The predicted molar refractivity (Wildman–Crippen MR) is 118 cm³/mol. The van der Waals surface area contributed by atoms with Crippen molar-refractivity contribution in [2.75, 3.05) is 18.0 Å². The lowest BCUT2D eigenvalue weighted by molar-refractivity contribution is 0.169. The fourth-order valence-corrected chi connectivity index (χ4v) is 3.73. The van der Waals surface area contributed by atoms with Crippen molar-refractivity contribution in [3.63, 3.8) is 0 Å². The molecule has 1 aliphatic rings. The van der Waals surface area contributed by atoms with Gasteiger partial charge < -0.3 is 15.0 Å². The van der Waals surface area contributed by atoms with Gasteiger partial charge in [0.1, 0.15) is 23.3 Å². The third-order valence-electron chi connectivity index (χ3n) is 4.82. The highest BCUT2D eigenvalue weighted by atomic mass is 79.9. The van der Waals surface area contributed by atoms with Crippen molar-refractivity contribution >= 4 is 39.7 Å². The number of ether oxygens (including phenoxy) is 1. The first-order chi connectivity index (χ1) is 14.9. The van der Waals surface area contributed by atoms with Crippen LogP contribution in [-0.2, 0) is 0 Å². The van der Waals surface area contributed by atoms with Crippen LogP contribution in [0.5, 0.6) is 5.75 Å². The molecule has 0 amide bonds. The number of rotatable bonds is 5. The largest absolute Gasteiger partial charge is 0.488 e. The van der Waals surface area contributed by atoms with Crippen LogP contribution >= 0.6 is 27.5 Å². The molecule has 1 N–H and O–H groups in total. The van der Waals surface area contributed by atoms with Gasteiger partial charge in [-0.3, -0.25) is 4.79 Å². The number of hydrogen-bond donors (Lipinski definition) is 1. The fourth-order valence-electron chi connectivity index (χ4n) is 3.30. The number of hydrogen-bond acceptors (Lipinski definition) is 7. The van der Waals surface area contributed by atoms with Crippen molar-refractivity contribution in [1.82, 2.24) is 19.7 Å². The lowest BCUT2D eigenvalue weighted by atomic mass is 10.1. The van der Waals surface area contributed by atoms with Crippen LogP contribution in [0.3, 0.4) is 0 Å². The van der Waals surface area contributed by atoms with E-state index in [0.717, 1.165) is 10.9 Å². The molecule has 8 nitrogen and oxygen atoms in total. The Bertz CT molecular complexity index is 1170. The van der Waals surface area contributed by atoms with E-state index in [4.69, 9.17) is 21.7 Å². The average Bonchev–Trinajstić information content (AvgIpc) is 2.76.